The molecule has 6 heteroatoms. The molecule has 19 heavy (non-hydrogen) atoms. The lowest BCUT2D eigenvalue weighted by Crippen LogP contribution is -2.04. The number of nitrogen functional groups attached to an aromatic ring is 1. The van der Waals surface area contributed by atoms with Crippen LogP contribution < -0.4 is 10.5 Å². The molecule has 2 rings (SSSR count). The molecule has 0 aliphatic rings. The monoisotopic (exact) mass is 261 g/mol. The molecule has 100 valence electrons. The van der Waals surface area contributed by atoms with Gasteiger partial charge in [-0.25, -0.2) is 4.79 Å². The number of hydrogen-bond acceptors (Lipinski definition) is 5. The van der Waals surface area contributed by atoms with Crippen molar-refractivity contribution in [2.24, 2.45) is 7.05 Å². The van der Waals surface area contributed by atoms with Crippen LogP contribution in [-0.4, -0.2) is 22.9 Å². The van der Waals surface area contributed by atoms with E-state index < -0.39 is 5.97 Å². The number of anilines is 1. The summed E-state index contributed by atoms with van der Waals surface area (Å²) in [4.78, 5) is 11.3. The fourth-order valence-electron chi connectivity index (χ4n) is 1.63. The lowest BCUT2D eigenvalue weighted by atomic mass is 10.2. The van der Waals surface area contributed by atoms with E-state index in [1.54, 1.807) is 23.0 Å². The van der Waals surface area contributed by atoms with Crippen molar-refractivity contribution in [2.45, 2.75) is 6.61 Å². The minimum absolute atomic E-state index is 0.371. The Labute approximate surface area is 110 Å². The quantitative estimate of drug-likeness (QED) is 0.664. The highest BCUT2D eigenvalue weighted by atomic mass is 16.5. The van der Waals surface area contributed by atoms with Crippen LogP contribution >= 0.6 is 0 Å². The summed E-state index contributed by atoms with van der Waals surface area (Å²) in [5.74, 6) is 0.0991. The van der Waals surface area contributed by atoms with Crippen LogP contribution in [0, 0.1) is 0 Å². The van der Waals surface area contributed by atoms with Crippen molar-refractivity contribution < 1.29 is 14.3 Å². The van der Waals surface area contributed by atoms with E-state index in [-0.39, 0.29) is 0 Å². The van der Waals surface area contributed by atoms with Gasteiger partial charge in [0.1, 0.15) is 12.4 Å². The van der Waals surface area contributed by atoms with Crippen LogP contribution in [0.1, 0.15) is 15.9 Å². The van der Waals surface area contributed by atoms with Gasteiger partial charge in [-0.05, 0) is 18.2 Å². The van der Waals surface area contributed by atoms with Gasteiger partial charge < -0.3 is 15.2 Å². The molecule has 0 aliphatic heterocycles. The highest BCUT2D eigenvalue weighted by molar-refractivity contribution is 5.90. The number of carbonyl (C=O) groups excluding carboxylic acids is 1. The van der Waals surface area contributed by atoms with Gasteiger partial charge in [0.05, 0.1) is 24.6 Å². The van der Waals surface area contributed by atoms with Gasteiger partial charge in [-0.3, -0.25) is 4.68 Å². The van der Waals surface area contributed by atoms with Gasteiger partial charge in [0.15, 0.2) is 0 Å². The number of aryl methyl sites for hydroxylation is 1. The molecule has 0 radical (unpaired) electrons. The van der Waals surface area contributed by atoms with E-state index in [1.165, 1.54) is 13.2 Å². The molecule has 0 atom stereocenters. The normalized spacial score (nSPS) is 10.2. The van der Waals surface area contributed by atoms with Crippen LogP contribution in [0.5, 0.6) is 5.75 Å². The number of esters is 1. The first-order valence-corrected chi connectivity index (χ1v) is 5.68. The van der Waals surface area contributed by atoms with Crippen LogP contribution in [0.25, 0.3) is 0 Å². The molecule has 0 saturated carbocycles. The maximum absolute atomic E-state index is 11.3. The molecule has 1 heterocycles. The molecule has 0 spiro atoms. The zero-order valence-corrected chi connectivity index (χ0v) is 10.8. The number of nitrogens with zero attached hydrogens (tertiary/aromatic N) is 2. The molecule has 0 fully saturated rings. The number of hydrogen-bond donors (Lipinski definition) is 1. The Morgan fingerprint density at radius 1 is 1.47 bits per heavy atom. The van der Waals surface area contributed by atoms with Crippen molar-refractivity contribution in [3.8, 4) is 5.75 Å². The average Bonchev–Trinajstić information content (AvgIpc) is 2.82. The van der Waals surface area contributed by atoms with Gasteiger partial charge in [0.2, 0.25) is 0 Å². The predicted molar refractivity (Wildman–Crippen MR) is 69.7 cm³/mol. The van der Waals surface area contributed by atoms with Gasteiger partial charge in [-0.1, -0.05) is 0 Å². The minimum Gasteiger partial charge on any atom is -0.487 e. The van der Waals surface area contributed by atoms with E-state index in [0.717, 1.165) is 5.56 Å². The van der Waals surface area contributed by atoms with Crippen molar-refractivity contribution in [3.05, 3.63) is 41.7 Å². The molecule has 1 aromatic heterocycles. The second-order valence-corrected chi connectivity index (χ2v) is 4.06. The summed E-state index contributed by atoms with van der Waals surface area (Å²) in [6, 6.07) is 4.79. The second-order valence-electron chi connectivity index (χ2n) is 4.06. The van der Waals surface area contributed by atoms with Crippen molar-refractivity contribution in [2.75, 3.05) is 12.8 Å². The Morgan fingerprint density at radius 2 is 2.26 bits per heavy atom. The third-order valence-corrected chi connectivity index (χ3v) is 2.58. The molecule has 0 aliphatic carbocycles. The summed E-state index contributed by atoms with van der Waals surface area (Å²) in [6.07, 6.45) is 3.58. The first-order chi connectivity index (χ1) is 9.10. The summed E-state index contributed by atoms with van der Waals surface area (Å²) < 4.78 is 11.9. The van der Waals surface area contributed by atoms with Crippen LogP contribution in [0.2, 0.25) is 0 Å². The molecule has 6 nitrogen and oxygen atoms in total. The first-order valence-electron chi connectivity index (χ1n) is 5.68. The number of aromatic nitrogens is 2. The van der Waals surface area contributed by atoms with Crippen molar-refractivity contribution >= 4 is 11.7 Å². The maximum Gasteiger partial charge on any atom is 0.337 e. The molecule has 0 bridgehead atoms. The molecule has 2 aromatic rings. The van der Waals surface area contributed by atoms with Crippen LogP contribution in [-0.2, 0) is 18.4 Å². The molecular formula is C13H15N3O3. The van der Waals surface area contributed by atoms with E-state index in [4.69, 9.17) is 10.5 Å². The number of benzene rings is 1. The summed E-state index contributed by atoms with van der Waals surface area (Å²) >= 11 is 0. The lowest BCUT2D eigenvalue weighted by Gasteiger charge is -2.08. The zero-order chi connectivity index (χ0) is 13.8. The molecule has 0 unspecified atom stereocenters. The maximum atomic E-state index is 11.3. The Kier molecular flexibility index (Phi) is 3.70. The van der Waals surface area contributed by atoms with Crippen LogP contribution in [0.15, 0.2) is 30.6 Å². The lowest BCUT2D eigenvalue weighted by molar-refractivity contribution is 0.0600. The Balaban J connectivity index is 2.07. The Morgan fingerprint density at radius 3 is 2.84 bits per heavy atom. The second kappa shape index (κ2) is 5.43. The van der Waals surface area contributed by atoms with Gasteiger partial charge in [0.25, 0.3) is 0 Å². The van der Waals surface area contributed by atoms with E-state index in [2.05, 4.69) is 9.84 Å². The fraction of sp³-hybridized carbons (Fsp3) is 0.231. The van der Waals surface area contributed by atoms with Crippen molar-refractivity contribution in [1.82, 2.24) is 9.78 Å². The van der Waals surface area contributed by atoms with Gasteiger partial charge >= 0.3 is 5.97 Å². The Bertz CT molecular complexity index is 593. The highest BCUT2D eigenvalue weighted by Gasteiger charge is 2.09. The predicted octanol–water partition coefficient (Wildman–Crippen LogP) is 1.37. The number of nitrogens with two attached hydrogens (primary N) is 1. The molecular weight excluding hydrogens is 246 g/mol. The number of rotatable bonds is 4. The summed E-state index contributed by atoms with van der Waals surface area (Å²) in [5, 5.41) is 4.04. The highest BCUT2D eigenvalue weighted by Crippen LogP contribution is 2.23. The first kappa shape index (κ1) is 12.9. The Hall–Kier alpha value is -2.50. The summed E-state index contributed by atoms with van der Waals surface area (Å²) in [6.45, 7) is 0.371. The summed E-state index contributed by atoms with van der Waals surface area (Å²) in [5.41, 5.74) is 7.57. The van der Waals surface area contributed by atoms with Gasteiger partial charge in [-0.2, -0.15) is 5.10 Å². The third-order valence-electron chi connectivity index (χ3n) is 2.58. The number of ether oxygens (including phenoxy) is 2. The zero-order valence-electron chi connectivity index (χ0n) is 10.8. The fourth-order valence-corrected chi connectivity index (χ4v) is 1.63. The standard InChI is InChI=1S/C13H15N3O3/c1-16-7-9(6-15-16)8-19-12-4-3-10(5-11(12)14)13(17)18-2/h3-7H,8,14H2,1-2H3. The molecule has 0 saturated heterocycles. The topological polar surface area (TPSA) is 79.4 Å². The molecule has 1 aromatic carbocycles. The third kappa shape index (κ3) is 3.04. The minimum atomic E-state index is -0.425. The van der Waals surface area contributed by atoms with E-state index >= 15 is 0 Å². The SMILES string of the molecule is COC(=O)c1ccc(OCc2cnn(C)c2)c(N)c1. The number of methoxy groups -OCH3 is 1. The van der Waals surface area contributed by atoms with Crippen molar-refractivity contribution in [1.29, 1.82) is 0 Å². The van der Waals surface area contributed by atoms with E-state index in [0.29, 0.717) is 23.6 Å². The summed E-state index contributed by atoms with van der Waals surface area (Å²) in [7, 11) is 3.16. The number of carbonyl (C=O) groups is 1. The molecule has 0 amide bonds. The van der Waals surface area contributed by atoms with Crippen molar-refractivity contribution in [3.63, 3.8) is 0 Å². The molecule has 2 N–H and O–H groups in total. The smallest absolute Gasteiger partial charge is 0.337 e. The average molecular weight is 261 g/mol. The van der Waals surface area contributed by atoms with E-state index in [9.17, 15) is 4.79 Å². The van der Waals surface area contributed by atoms with Crippen LogP contribution in [0.3, 0.4) is 0 Å². The van der Waals surface area contributed by atoms with Crippen LogP contribution in [0.4, 0.5) is 5.69 Å². The van der Waals surface area contributed by atoms with Gasteiger partial charge in [-0.15, -0.1) is 0 Å². The van der Waals surface area contributed by atoms with E-state index in [1.807, 2.05) is 13.2 Å². The largest absolute Gasteiger partial charge is 0.487 e. The van der Waals surface area contributed by atoms with Gasteiger partial charge in [0, 0.05) is 18.8 Å².